The molecule has 0 N–H and O–H groups in total. The van der Waals surface area contributed by atoms with Crippen LogP contribution < -0.4 is 0 Å². The Hall–Kier alpha value is -7.72. The molecule has 0 heterocycles. The topological polar surface area (TPSA) is 167 Å². The standard InChI is InChI=1S/C36H6F11N7/c37-32-28-21(12-53)24(14-1-2-23(36(45,46)47)16(3-14)7-48)26(17(8-49)9-50)30(28)33(38)31-27(18(10-51)11-52)25(22(13-54)29(31)32)15-4-19(34(39,40)41)6-20(5-15)35(42,43)44/h1-6H. The van der Waals surface area contributed by atoms with Gasteiger partial charge in [0, 0.05) is 44.5 Å². The van der Waals surface area contributed by atoms with Crippen molar-refractivity contribution in [2.24, 2.45) is 0 Å². The van der Waals surface area contributed by atoms with E-state index in [9.17, 15) is 76.3 Å². The lowest BCUT2D eigenvalue weighted by molar-refractivity contribution is -0.143. The molecule has 5 rings (SSSR count). The van der Waals surface area contributed by atoms with Crippen molar-refractivity contribution < 1.29 is 48.3 Å². The van der Waals surface area contributed by atoms with Crippen LogP contribution in [0, 0.1) is 91.0 Å². The Morgan fingerprint density at radius 2 is 0.870 bits per heavy atom. The normalized spacial score (nSPS) is 13.5. The lowest BCUT2D eigenvalue weighted by Crippen LogP contribution is -2.12. The number of allylic oxidation sites excluding steroid dienone is 8. The summed E-state index contributed by atoms with van der Waals surface area (Å²) in [5.41, 5.74) is -21.7. The Kier molecular flexibility index (Phi) is 8.90. The van der Waals surface area contributed by atoms with Crippen molar-refractivity contribution in [3.05, 3.63) is 115 Å². The Morgan fingerprint density at radius 3 is 1.22 bits per heavy atom. The molecule has 3 aromatic carbocycles. The molecule has 262 valence electrons. The highest BCUT2D eigenvalue weighted by atomic mass is 19.4. The van der Waals surface area contributed by atoms with Gasteiger partial charge in [-0.05, 0) is 41.5 Å². The number of nitriles is 7. The summed E-state index contributed by atoms with van der Waals surface area (Å²) in [5.74, 6) is -3.67. The molecule has 0 saturated heterocycles. The third-order valence-electron chi connectivity index (χ3n) is 8.16. The van der Waals surface area contributed by atoms with Gasteiger partial charge in [0.15, 0.2) is 0 Å². The maximum Gasteiger partial charge on any atom is 0.417 e. The number of hydrogen-bond donors (Lipinski definition) is 0. The average Bonchev–Trinajstić information content (AvgIpc) is 3.64. The van der Waals surface area contributed by atoms with Gasteiger partial charge in [-0.2, -0.15) is 76.3 Å². The van der Waals surface area contributed by atoms with Crippen LogP contribution in [0.1, 0.15) is 55.6 Å². The summed E-state index contributed by atoms with van der Waals surface area (Å²) in [7, 11) is 0. The molecule has 0 atom stereocenters. The number of hydrogen-bond acceptors (Lipinski definition) is 7. The van der Waals surface area contributed by atoms with Gasteiger partial charge in [-0.15, -0.1) is 0 Å². The van der Waals surface area contributed by atoms with Gasteiger partial charge >= 0.3 is 18.5 Å². The molecule has 0 amide bonds. The summed E-state index contributed by atoms with van der Waals surface area (Å²) in [6, 6.07) is 10.7. The van der Waals surface area contributed by atoms with Gasteiger partial charge in [-0.3, -0.25) is 0 Å². The highest BCUT2D eigenvalue weighted by molar-refractivity contribution is 6.30. The van der Waals surface area contributed by atoms with Crippen molar-refractivity contribution in [3.63, 3.8) is 0 Å². The summed E-state index contributed by atoms with van der Waals surface area (Å²) in [6.45, 7) is 0. The molecule has 0 aromatic heterocycles. The molecular weight excluding hydrogens is 739 g/mol. The van der Waals surface area contributed by atoms with Crippen LogP contribution in [0.2, 0.25) is 0 Å². The number of alkyl halides is 9. The largest absolute Gasteiger partial charge is 0.417 e. The summed E-state index contributed by atoms with van der Waals surface area (Å²) in [4.78, 5) is 0. The summed E-state index contributed by atoms with van der Waals surface area (Å²) in [6.07, 6.45) is -16.1. The first-order valence-corrected chi connectivity index (χ1v) is 14.1. The van der Waals surface area contributed by atoms with E-state index < -0.39 is 130 Å². The second-order valence-corrected chi connectivity index (χ2v) is 11.0. The SMILES string of the molecule is N#CC(C#N)=C1C(c2cc(C(F)(F)F)cc(C(F)(F)F)c2)=C(C#N)c2c(F)c3c(c(F)c21)C(=C(C#N)C#N)C(c1ccc(C(F)(F)F)c(C#N)c1)=C3C#N. The van der Waals surface area contributed by atoms with Crippen molar-refractivity contribution in [2.75, 3.05) is 0 Å². The molecule has 7 nitrogen and oxygen atoms in total. The minimum absolute atomic E-state index is 0.0640. The molecule has 0 radical (unpaired) electrons. The first-order chi connectivity index (χ1) is 25.2. The van der Waals surface area contributed by atoms with Crippen LogP contribution in [-0.4, -0.2) is 0 Å². The van der Waals surface area contributed by atoms with E-state index in [0.29, 0.717) is 18.2 Å². The van der Waals surface area contributed by atoms with Gasteiger partial charge in [0.2, 0.25) is 0 Å². The fourth-order valence-electron chi connectivity index (χ4n) is 6.09. The molecule has 2 aliphatic rings. The van der Waals surface area contributed by atoms with Crippen molar-refractivity contribution in [3.8, 4) is 42.5 Å². The number of nitrogens with zero attached hydrogens (tertiary/aromatic N) is 7. The van der Waals surface area contributed by atoms with Gasteiger partial charge in [0.05, 0.1) is 39.5 Å². The fourth-order valence-corrected chi connectivity index (χ4v) is 6.09. The Morgan fingerprint density at radius 1 is 0.463 bits per heavy atom. The van der Waals surface area contributed by atoms with E-state index in [1.54, 1.807) is 0 Å². The predicted molar refractivity (Wildman–Crippen MR) is 160 cm³/mol. The maximum atomic E-state index is 17.2. The number of fused-ring (bicyclic) bond motifs is 2. The average molecular weight is 745 g/mol. The first-order valence-electron chi connectivity index (χ1n) is 14.1. The third-order valence-corrected chi connectivity index (χ3v) is 8.16. The van der Waals surface area contributed by atoms with Gasteiger partial charge in [-0.25, -0.2) is 8.78 Å². The number of rotatable bonds is 2. The Labute approximate surface area is 294 Å². The molecule has 3 aromatic rings. The van der Waals surface area contributed by atoms with Crippen molar-refractivity contribution >= 4 is 33.4 Å². The number of halogens is 11. The van der Waals surface area contributed by atoms with Gasteiger partial charge in [0.25, 0.3) is 0 Å². The smallest absolute Gasteiger partial charge is 0.206 e. The maximum absolute atomic E-state index is 17.2. The van der Waals surface area contributed by atoms with Gasteiger partial charge in [-0.1, -0.05) is 6.07 Å². The van der Waals surface area contributed by atoms with E-state index >= 15 is 8.78 Å². The van der Waals surface area contributed by atoms with Crippen LogP contribution >= 0.6 is 0 Å². The van der Waals surface area contributed by atoms with Crippen molar-refractivity contribution in [1.82, 2.24) is 0 Å². The minimum Gasteiger partial charge on any atom is -0.206 e. The van der Waals surface area contributed by atoms with Crippen LogP contribution in [-0.2, 0) is 18.5 Å². The fraction of sp³-hybridized carbons (Fsp3) is 0.0833. The zero-order valence-electron chi connectivity index (χ0n) is 25.8. The van der Waals surface area contributed by atoms with E-state index in [-0.39, 0.29) is 18.2 Å². The zero-order valence-corrected chi connectivity index (χ0v) is 25.8. The quantitative estimate of drug-likeness (QED) is 0.186. The molecule has 0 unspecified atom stereocenters. The molecule has 0 aliphatic heterocycles. The van der Waals surface area contributed by atoms with E-state index in [2.05, 4.69) is 0 Å². The van der Waals surface area contributed by atoms with E-state index in [0.717, 1.165) is 0 Å². The highest BCUT2D eigenvalue weighted by Crippen LogP contribution is 2.57. The number of benzene rings is 3. The predicted octanol–water partition coefficient (Wildman–Crippen LogP) is 9.39. The molecular formula is C36H6F11N7. The van der Waals surface area contributed by atoms with E-state index in [1.165, 1.54) is 42.5 Å². The van der Waals surface area contributed by atoms with Crippen molar-refractivity contribution in [1.29, 1.82) is 36.8 Å². The molecule has 0 bridgehead atoms. The van der Waals surface area contributed by atoms with Gasteiger partial charge in [0.1, 0.15) is 59.2 Å². The lowest BCUT2D eigenvalue weighted by atomic mass is 9.87. The second-order valence-electron chi connectivity index (χ2n) is 11.0. The third kappa shape index (κ3) is 5.64. The molecule has 54 heavy (non-hydrogen) atoms. The lowest BCUT2D eigenvalue weighted by Gasteiger charge is -2.17. The van der Waals surface area contributed by atoms with Gasteiger partial charge < -0.3 is 0 Å². The van der Waals surface area contributed by atoms with E-state index in [4.69, 9.17) is 0 Å². The summed E-state index contributed by atoms with van der Waals surface area (Å²) >= 11 is 0. The molecule has 0 fully saturated rings. The monoisotopic (exact) mass is 745 g/mol. The Balaban J connectivity index is 2.03. The van der Waals surface area contributed by atoms with Crippen LogP contribution in [0.5, 0.6) is 0 Å². The highest BCUT2D eigenvalue weighted by Gasteiger charge is 2.46. The van der Waals surface area contributed by atoms with E-state index in [1.807, 2.05) is 0 Å². The first kappa shape index (κ1) is 37.5. The van der Waals surface area contributed by atoms with Crippen LogP contribution in [0.25, 0.3) is 33.4 Å². The zero-order chi connectivity index (χ0) is 40.2. The molecule has 0 saturated carbocycles. The van der Waals surface area contributed by atoms with Crippen LogP contribution in [0.3, 0.4) is 0 Å². The minimum atomic E-state index is -5.49. The van der Waals surface area contributed by atoms with Crippen LogP contribution in [0.15, 0.2) is 47.5 Å². The summed E-state index contributed by atoms with van der Waals surface area (Å²) in [5, 5.41) is 69.2. The van der Waals surface area contributed by atoms with Crippen LogP contribution in [0.4, 0.5) is 48.3 Å². The summed E-state index contributed by atoms with van der Waals surface area (Å²) < 4.78 is 158. The Bertz CT molecular complexity index is 2640. The molecule has 0 spiro atoms. The second kappa shape index (κ2) is 12.8. The molecule has 18 heteroatoms. The molecule has 2 aliphatic carbocycles. The van der Waals surface area contributed by atoms with Crippen molar-refractivity contribution in [2.45, 2.75) is 18.5 Å².